The SMILES string of the molecule is CCCCCCCCCCCCCCC(CBr)CCCCCCCCCCCCCC. The van der Waals surface area contributed by atoms with Crippen molar-refractivity contribution in [3.05, 3.63) is 0 Å². The van der Waals surface area contributed by atoms with Crippen LogP contribution >= 0.6 is 15.9 Å². The lowest BCUT2D eigenvalue weighted by Gasteiger charge is -2.13. The molecule has 31 heavy (non-hydrogen) atoms. The van der Waals surface area contributed by atoms with Gasteiger partial charge >= 0.3 is 0 Å². The van der Waals surface area contributed by atoms with Crippen LogP contribution in [0.1, 0.15) is 181 Å². The Labute approximate surface area is 207 Å². The summed E-state index contributed by atoms with van der Waals surface area (Å²) in [6.45, 7) is 4.61. The van der Waals surface area contributed by atoms with Crippen LogP contribution in [0.15, 0.2) is 0 Å². The number of alkyl halides is 1. The Hall–Kier alpha value is 0.480. The van der Waals surface area contributed by atoms with Crippen LogP contribution < -0.4 is 0 Å². The summed E-state index contributed by atoms with van der Waals surface area (Å²) in [7, 11) is 0. The third-order valence-corrected chi connectivity index (χ3v) is 8.07. The maximum Gasteiger partial charge on any atom is 0.00596 e. The first-order valence-corrected chi connectivity index (χ1v) is 16.0. The maximum absolute atomic E-state index is 3.78. The Morgan fingerprint density at radius 1 is 0.355 bits per heavy atom. The van der Waals surface area contributed by atoms with E-state index in [4.69, 9.17) is 0 Å². The monoisotopic (exact) mass is 500 g/mol. The van der Waals surface area contributed by atoms with Gasteiger partial charge < -0.3 is 0 Å². The molecule has 0 heterocycles. The molecule has 0 atom stereocenters. The first-order chi connectivity index (χ1) is 15.3. The van der Waals surface area contributed by atoms with Gasteiger partial charge in [0.25, 0.3) is 0 Å². The van der Waals surface area contributed by atoms with E-state index in [0.717, 1.165) is 5.92 Å². The van der Waals surface area contributed by atoms with Gasteiger partial charge in [0.2, 0.25) is 0 Å². The molecule has 0 amide bonds. The summed E-state index contributed by atoms with van der Waals surface area (Å²) in [5, 5.41) is 1.23. The molecule has 0 aliphatic carbocycles. The van der Waals surface area contributed by atoms with Gasteiger partial charge in [-0.3, -0.25) is 0 Å². The highest BCUT2D eigenvalue weighted by Gasteiger charge is 2.06. The molecule has 0 aliphatic heterocycles. The lowest BCUT2D eigenvalue weighted by molar-refractivity contribution is 0.437. The molecule has 0 saturated carbocycles. The minimum absolute atomic E-state index is 0.936. The van der Waals surface area contributed by atoms with Gasteiger partial charge in [-0.1, -0.05) is 184 Å². The topological polar surface area (TPSA) is 0 Å². The van der Waals surface area contributed by atoms with Crippen molar-refractivity contribution in [1.29, 1.82) is 0 Å². The van der Waals surface area contributed by atoms with Crippen LogP contribution in [0.5, 0.6) is 0 Å². The fourth-order valence-electron chi connectivity index (χ4n) is 4.85. The molecule has 0 rings (SSSR count). The number of hydrogen-bond acceptors (Lipinski definition) is 0. The van der Waals surface area contributed by atoms with Crippen LogP contribution in [0, 0.1) is 5.92 Å². The largest absolute Gasteiger partial charge is 0.0925 e. The molecule has 0 aromatic rings. The van der Waals surface area contributed by atoms with Gasteiger partial charge in [0.1, 0.15) is 0 Å². The van der Waals surface area contributed by atoms with E-state index in [1.54, 1.807) is 0 Å². The molecule has 1 heteroatoms. The van der Waals surface area contributed by atoms with Gasteiger partial charge in [0, 0.05) is 5.33 Å². The van der Waals surface area contributed by atoms with Crippen LogP contribution in [-0.2, 0) is 0 Å². The van der Waals surface area contributed by atoms with Crippen molar-refractivity contribution < 1.29 is 0 Å². The Morgan fingerprint density at radius 2 is 0.581 bits per heavy atom. The smallest absolute Gasteiger partial charge is 0.00596 e. The summed E-state index contributed by atoms with van der Waals surface area (Å²) in [6, 6.07) is 0. The van der Waals surface area contributed by atoms with Gasteiger partial charge in [0.05, 0.1) is 0 Å². The van der Waals surface area contributed by atoms with Crippen LogP contribution in [0.4, 0.5) is 0 Å². The van der Waals surface area contributed by atoms with E-state index in [1.807, 2.05) is 0 Å². The number of halogens is 1. The van der Waals surface area contributed by atoms with Crippen molar-refractivity contribution in [3.8, 4) is 0 Å². The van der Waals surface area contributed by atoms with Crippen LogP contribution in [-0.4, -0.2) is 5.33 Å². The Bertz CT molecular complexity index is 273. The zero-order chi connectivity index (χ0) is 22.7. The van der Waals surface area contributed by atoms with E-state index in [-0.39, 0.29) is 0 Å². The van der Waals surface area contributed by atoms with E-state index >= 15 is 0 Å². The van der Waals surface area contributed by atoms with Crippen molar-refractivity contribution >= 4 is 15.9 Å². The predicted molar refractivity (Wildman–Crippen MR) is 149 cm³/mol. The van der Waals surface area contributed by atoms with E-state index in [2.05, 4.69) is 29.8 Å². The van der Waals surface area contributed by atoms with E-state index in [0.29, 0.717) is 0 Å². The summed E-state index contributed by atoms with van der Waals surface area (Å²) >= 11 is 3.78. The standard InChI is InChI=1S/C30H61Br/c1-3-5-7-9-11-13-15-17-19-21-23-25-27-30(29-31)28-26-24-22-20-18-16-14-12-10-8-6-4-2/h30H,3-29H2,1-2H3. The van der Waals surface area contributed by atoms with E-state index in [9.17, 15) is 0 Å². The van der Waals surface area contributed by atoms with Crippen molar-refractivity contribution in [2.75, 3.05) is 5.33 Å². The zero-order valence-electron chi connectivity index (χ0n) is 22.0. The molecule has 0 spiro atoms. The molecule has 188 valence electrons. The van der Waals surface area contributed by atoms with Gasteiger partial charge in [-0.15, -0.1) is 0 Å². The minimum Gasteiger partial charge on any atom is -0.0925 e. The minimum atomic E-state index is 0.936. The third kappa shape index (κ3) is 26.6. The fourth-order valence-corrected chi connectivity index (χ4v) is 5.49. The lowest BCUT2D eigenvalue weighted by Crippen LogP contribution is -2.02. The van der Waals surface area contributed by atoms with Gasteiger partial charge in [-0.2, -0.15) is 0 Å². The second kappa shape index (κ2) is 28.5. The van der Waals surface area contributed by atoms with Crippen molar-refractivity contribution in [2.24, 2.45) is 5.92 Å². The molecular weight excluding hydrogens is 440 g/mol. The Morgan fingerprint density at radius 3 is 0.806 bits per heavy atom. The zero-order valence-corrected chi connectivity index (χ0v) is 23.6. The van der Waals surface area contributed by atoms with E-state index < -0.39 is 0 Å². The van der Waals surface area contributed by atoms with Crippen molar-refractivity contribution in [3.63, 3.8) is 0 Å². The highest BCUT2D eigenvalue weighted by Crippen LogP contribution is 2.21. The van der Waals surface area contributed by atoms with Crippen molar-refractivity contribution in [1.82, 2.24) is 0 Å². The fraction of sp³-hybridized carbons (Fsp3) is 1.00. The molecule has 0 bridgehead atoms. The van der Waals surface area contributed by atoms with Gasteiger partial charge in [-0.05, 0) is 18.8 Å². The van der Waals surface area contributed by atoms with Crippen LogP contribution in [0.25, 0.3) is 0 Å². The molecule has 0 fully saturated rings. The number of unbranched alkanes of at least 4 members (excludes halogenated alkanes) is 22. The lowest BCUT2D eigenvalue weighted by atomic mass is 9.95. The highest BCUT2D eigenvalue weighted by molar-refractivity contribution is 9.09. The normalized spacial score (nSPS) is 11.6. The van der Waals surface area contributed by atoms with E-state index in [1.165, 1.54) is 172 Å². The highest BCUT2D eigenvalue weighted by atomic mass is 79.9. The third-order valence-electron chi connectivity index (χ3n) is 7.15. The molecular formula is C30H61Br. The summed E-state index contributed by atoms with van der Waals surface area (Å²) in [5.41, 5.74) is 0. The molecule has 0 aromatic heterocycles. The molecule has 0 N–H and O–H groups in total. The second-order valence-corrected chi connectivity index (χ2v) is 11.0. The summed E-state index contributed by atoms with van der Waals surface area (Å²) in [6.07, 6.45) is 38.0. The van der Waals surface area contributed by atoms with Gasteiger partial charge in [0.15, 0.2) is 0 Å². The van der Waals surface area contributed by atoms with Crippen LogP contribution in [0.3, 0.4) is 0 Å². The maximum atomic E-state index is 3.78. The summed E-state index contributed by atoms with van der Waals surface area (Å²) < 4.78 is 0. The first kappa shape index (κ1) is 31.5. The quantitative estimate of drug-likeness (QED) is 0.0775. The average molecular weight is 502 g/mol. The molecule has 0 aliphatic rings. The molecule has 0 aromatic carbocycles. The average Bonchev–Trinajstić information content (AvgIpc) is 2.79. The Kier molecular flexibility index (Phi) is 29.0. The van der Waals surface area contributed by atoms with Crippen LogP contribution in [0.2, 0.25) is 0 Å². The second-order valence-electron chi connectivity index (χ2n) is 10.4. The van der Waals surface area contributed by atoms with Crippen molar-refractivity contribution in [2.45, 2.75) is 181 Å². The number of rotatable bonds is 27. The Balaban J connectivity index is 3.26. The predicted octanol–water partition coefficient (Wildman–Crippen LogP) is 12.2. The molecule has 0 unspecified atom stereocenters. The van der Waals surface area contributed by atoms with Gasteiger partial charge in [-0.25, -0.2) is 0 Å². The summed E-state index contributed by atoms with van der Waals surface area (Å²) in [5.74, 6) is 0.936. The molecule has 0 radical (unpaired) electrons. The first-order valence-electron chi connectivity index (χ1n) is 14.9. The molecule has 0 nitrogen and oxygen atoms in total. The summed E-state index contributed by atoms with van der Waals surface area (Å²) in [4.78, 5) is 0. The number of hydrogen-bond donors (Lipinski definition) is 0. The molecule has 0 saturated heterocycles.